The molecule has 3 rings (SSSR count). The molecule has 22 heavy (non-hydrogen) atoms. The number of ether oxygens (including phenoxy) is 1. The SMILES string of the molecule is COc1ccc(C2CC2C(=O)Nc2ccc(C)c(C)c2)cc1. The molecule has 114 valence electrons. The van der Waals surface area contributed by atoms with Crippen molar-refractivity contribution < 1.29 is 9.53 Å². The van der Waals surface area contributed by atoms with Crippen molar-refractivity contribution in [3.8, 4) is 5.75 Å². The number of methoxy groups -OCH3 is 1. The molecule has 0 bridgehead atoms. The van der Waals surface area contributed by atoms with E-state index in [1.165, 1.54) is 16.7 Å². The maximum Gasteiger partial charge on any atom is 0.228 e. The molecule has 1 aliphatic rings. The van der Waals surface area contributed by atoms with Gasteiger partial charge >= 0.3 is 0 Å². The second-order valence-electron chi connectivity index (χ2n) is 6.01. The largest absolute Gasteiger partial charge is 0.497 e. The van der Waals surface area contributed by atoms with Gasteiger partial charge in [-0.05, 0) is 67.1 Å². The summed E-state index contributed by atoms with van der Waals surface area (Å²) in [7, 11) is 1.66. The Hall–Kier alpha value is -2.29. The van der Waals surface area contributed by atoms with Gasteiger partial charge in [0.2, 0.25) is 5.91 Å². The molecule has 3 heteroatoms. The Morgan fingerprint density at radius 3 is 2.45 bits per heavy atom. The molecule has 3 nitrogen and oxygen atoms in total. The van der Waals surface area contributed by atoms with E-state index >= 15 is 0 Å². The molecule has 2 atom stereocenters. The maximum absolute atomic E-state index is 12.3. The van der Waals surface area contributed by atoms with Crippen LogP contribution in [0.1, 0.15) is 29.0 Å². The highest BCUT2D eigenvalue weighted by Crippen LogP contribution is 2.48. The van der Waals surface area contributed by atoms with E-state index in [0.29, 0.717) is 5.92 Å². The molecular weight excluding hydrogens is 274 g/mol. The van der Waals surface area contributed by atoms with Crippen molar-refractivity contribution in [1.29, 1.82) is 0 Å². The van der Waals surface area contributed by atoms with Crippen LogP contribution in [0.2, 0.25) is 0 Å². The minimum Gasteiger partial charge on any atom is -0.497 e. The van der Waals surface area contributed by atoms with Gasteiger partial charge in [-0.2, -0.15) is 0 Å². The van der Waals surface area contributed by atoms with Crippen LogP contribution in [0.4, 0.5) is 5.69 Å². The lowest BCUT2D eigenvalue weighted by atomic mass is 10.1. The van der Waals surface area contributed by atoms with Gasteiger partial charge in [-0.25, -0.2) is 0 Å². The average molecular weight is 295 g/mol. The lowest BCUT2D eigenvalue weighted by Gasteiger charge is -2.08. The predicted molar refractivity (Wildman–Crippen MR) is 88.4 cm³/mol. The number of carbonyl (C=O) groups is 1. The van der Waals surface area contributed by atoms with Gasteiger partial charge in [-0.3, -0.25) is 4.79 Å². The van der Waals surface area contributed by atoms with Crippen LogP contribution in [0.15, 0.2) is 42.5 Å². The van der Waals surface area contributed by atoms with Gasteiger partial charge in [0.05, 0.1) is 7.11 Å². The van der Waals surface area contributed by atoms with Crippen LogP contribution in [0.25, 0.3) is 0 Å². The second-order valence-corrected chi connectivity index (χ2v) is 6.01. The van der Waals surface area contributed by atoms with E-state index in [9.17, 15) is 4.79 Å². The fraction of sp³-hybridized carbons (Fsp3) is 0.316. The summed E-state index contributed by atoms with van der Waals surface area (Å²) >= 11 is 0. The first-order valence-electron chi connectivity index (χ1n) is 7.60. The van der Waals surface area contributed by atoms with Crippen molar-refractivity contribution in [3.05, 3.63) is 59.2 Å². The standard InChI is InChI=1S/C19H21NO2/c1-12-4-7-15(10-13(12)2)20-19(21)18-11-17(18)14-5-8-16(22-3)9-6-14/h4-10,17-18H,11H2,1-3H3,(H,20,21). The van der Waals surface area contributed by atoms with Crippen molar-refractivity contribution in [3.63, 3.8) is 0 Å². The Morgan fingerprint density at radius 1 is 1.09 bits per heavy atom. The highest BCUT2D eigenvalue weighted by molar-refractivity contribution is 5.95. The third-order valence-corrected chi connectivity index (χ3v) is 4.45. The Morgan fingerprint density at radius 2 is 1.82 bits per heavy atom. The Balaban J connectivity index is 1.63. The van der Waals surface area contributed by atoms with Crippen molar-refractivity contribution >= 4 is 11.6 Å². The van der Waals surface area contributed by atoms with Crippen LogP contribution in [-0.4, -0.2) is 13.0 Å². The van der Waals surface area contributed by atoms with Gasteiger partial charge in [0.15, 0.2) is 0 Å². The number of aryl methyl sites for hydroxylation is 2. The number of carbonyl (C=O) groups excluding carboxylic acids is 1. The number of hydrogen-bond acceptors (Lipinski definition) is 2. The van der Waals surface area contributed by atoms with Gasteiger partial charge in [0, 0.05) is 11.6 Å². The minimum atomic E-state index is 0.0787. The molecule has 0 heterocycles. The average Bonchev–Trinajstić information content (AvgIpc) is 3.32. The molecule has 0 aromatic heterocycles. The zero-order valence-electron chi connectivity index (χ0n) is 13.2. The Bertz CT molecular complexity index is 691. The van der Waals surface area contributed by atoms with Crippen LogP contribution in [-0.2, 0) is 4.79 Å². The van der Waals surface area contributed by atoms with Gasteiger partial charge in [-0.1, -0.05) is 18.2 Å². The predicted octanol–water partition coefficient (Wildman–Crippen LogP) is 4.05. The lowest BCUT2D eigenvalue weighted by molar-refractivity contribution is -0.117. The lowest BCUT2D eigenvalue weighted by Crippen LogP contribution is -2.14. The smallest absolute Gasteiger partial charge is 0.228 e. The highest BCUT2D eigenvalue weighted by atomic mass is 16.5. The van der Waals surface area contributed by atoms with E-state index in [1.807, 2.05) is 42.5 Å². The molecular formula is C19H21NO2. The summed E-state index contributed by atoms with van der Waals surface area (Å²) in [5.41, 5.74) is 4.52. The van der Waals surface area contributed by atoms with Crippen molar-refractivity contribution in [2.75, 3.05) is 12.4 Å². The highest BCUT2D eigenvalue weighted by Gasteiger charge is 2.43. The molecule has 0 radical (unpaired) electrons. The minimum absolute atomic E-state index is 0.0787. The third-order valence-electron chi connectivity index (χ3n) is 4.45. The van der Waals surface area contributed by atoms with E-state index in [1.54, 1.807) is 7.11 Å². The summed E-state index contributed by atoms with van der Waals surface area (Å²) in [4.78, 5) is 12.3. The van der Waals surface area contributed by atoms with Gasteiger partial charge in [0.1, 0.15) is 5.75 Å². The van der Waals surface area contributed by atoms with Crippen LogP contribution >= 0.6 is 0 Å². The second kappa shape index (κ2) is 5.84. The number of benzene rings is 2. The van der Waals surface area contributed by atoms with E-state index < -0.39 is 0 Å². The van der Waals surface area contributed by atoms with Crippen LogP contribution in [0.3, 0.4) is 0 Å². The molecule has 1 aliphatic carbocycles. The van der Waals surface area contributed by atoms with Gasteiger partial charge in [0.25, 0.3) is 0 Å². The molecule has 1 saturated carbocycles. The Labute approximate surface area is 131 Å². The fourth-order valence-corrected chi connectivity index (χ4v) is 2.76. The maximum atomic E-state index is 12.3. The zero-order chi connectivity index (χ0) is 15.7. The number of anilines is 1. The quantitative estimate of drug-likeness (QED) is 0.924. The Kier molecular flexibility index (Phi) is 3.88. The molecule has 0 spiro atoms. The molecule has 2 aromatic rings. The summed E-state index contributed by atoms with van der Waals surface area (Å²) in [6.07, 6.45) is 0.920. The number of hydrogen-bond donors (Lipinski definition) is 1. The number of rotatable bonds is 4. The first-order valence-corrected chi connectivity index (χ1v) is 7.60. The summed E-state index contributed by atoms with van der Waals surface area (Å²) < 4.78 is 5.16. The van der Waals surface area contributed by atoms with Crippen LogP contribution < -0.4 is 10.1 Å². The van der Waals surface area contributed by atoms with Crippen LogP contribution in [0.5, 0.6) is 5.75 Å². The first kappa shape index (κ1) is 14.6. The first-order chi connectivity index (χ1) is 10.6. The molecule has 2 aromatic carbocycles. The third kappa shape index (κ3) is 2.98. The molecule has 0 saturated heterocycles. The van der Waals surface area contributed by atoms with Crippen molar-refractivity contribution in [1.82, 2.24) is 0 Å². The monoisotopic (exact) mass is 295 g/mol. The summed E-state index contributed by atoms with van der Waals surface area (Å²) in [5, 5.41) is 3.03. The summed E-state index contributed by atoms with van der Waals surface area (Å²) in [6.45, 7) is 4.13. The summed E-state index contributed by atoms with van der Waals surface area (Å²) in [6, 6.07) is 14.0. The van der Waals surface area contributed by atoms with Crippen LogP contribution in [0, 0.1) is 19.8 Å². The molecule has 1 amide bonds. The fourth-order valence-electron chi connectivity index (χ4n) is 2.76. The van der Waals surface area contributed by atoms with Crippen molar-refractivity contribution in [2.24, 2.45) is 5.92 Å². The van der Waals surface area contributed by atoms with Gasteiger partial charge < -0.3 is 10.1 Å². The topological polar surface area (TPSA) is 38.3 Å². The van der Waals surface area contributed by atoms with E-state index in [4.69, 9.17) is 4.74 Å². The normalized spacial score (nSPS) is 19.6. The molecule has 1 N–H and O–H groups in total. The van der Waals surface area contributed by atoms with Gasteiger partial charge in [-0.15, -0.1) is 0 Å². The number of amides is 1. The zero-order valence-corrected chi connectivity index (χ0v) is 13.2. The molecule has 1 fully saturated rings. The molecule has 2 unspecified atom stereocenters. The summed E-state index contributed by atoms with van der Waals surface area (Å²) in [5.74, 6) is 1.37. The van der Waals surface area contributed by atoms with E-state index in [-0.39, 0.29) is 11.8 Å². The van der Waals surface area contributed by atoms with E-state index in [0.717, 1.165) is 17.9 Å². The molecule has 0 aliphatic heterocycles. The van der Waals surface area contributed by atoms with Crippen molar-refractivity contribution in [2.45, 2.75) is 26.2 Å². The number of nitrogens with one attached hydrogen (secondary N) is 1. The van der Waals surface area contributed by atoms with E-state index in [2.05, 4.69) is 19.2 Å².